The van der Waals surface area contributed by atoms with Crippen LogP contribution in [-0.2, 0) is 16.1 Å². The standard InChI is InChI=1S/C27H38N4O5/c1-4-18(2)24(27(34)28-17-20-11-8-12-21(15-20)35-3)31-25(32)22(16-19-9-6-5-7-10-19)30-26(33)23-13-14-29-36-23/h8,11-15,18-19,22,24H,4-7,9-10,16-17H2,1-3H3,(H,28,34)(H,30,33)(H,31,32)/t18-,22-,24-/m0/s1. The Morgan fingerprint density at radius 2 is 1.89 bits per heavy atom. The van der Waals surface area contributed by atoms with Crippen LogP contribution in [0.3, 0.4) is 0 Å². The van der Waals surface area contributed by atoms with E-state index in [1.165, 1.54) is 18.7 Å². The fraction of sp³-hybridized carbons (Fsp3) is 0.556. The highest BCUT2D eigenvalue weighted by molar-refractivity contribution is 5.96. The van der Waals surface area contributed by atoms with Gasteiger partial charge in [0.15, 0.2) is 0 Å². The molecule has 0 aliphatic heterocycles. The molecule has 1 aliphatic carbocycles. The molecular weight excluding hydrogens is 460 g/mol. The van der Waals surface area contributed by atoms with Crippen molar-refractivity contribution >= 4 is 17.7 Å². The number of aromatic nitrogens is 1. The van der Waals surface area contributed by atoms with Crippen LogP contribution in [0.4, 0.5) is 0 Å². The number of benzene rings is 1. The molecule has 2 aromatic rings. The van der Waals surface area contributed by atoms with E-state index >= 15 is 0 Å². The zero-order chi connectivity index (χ0) is 25.9. The summed E-state index contributed by atoms with van der Waals surface area (Å²) in [6, 6.07) is 7.41. The summed E-state index contributed by atoms with van der Waals surface area (Å²) in [6.45, 7) is 4.22. The molecule has 3 rings (SSSR count). The predicted octanol–water partition coefficient (Wildman–Crippen LogP) is 3.60. The van der Waals surface area contributed by atoms with Gasteiger partial charge in [-0.25, -0.2) is 0 Å². The molecule has 0 bridgehead atoms. The quantitative estimate of drug-likeness (QED) is 0.411. The van der Waals surface area contributed by atoms with Crippen LogP contribution in [0.1, 0.15) is 74.9 Å². The van der Waals surface area contributed by atoms with Crippen LogP contribution in [0.25, 0.3) is 0 Å². The van der Waals surface area contributed by atoms with E-state index in [9.17, 15) is 14.4 Å². The topological polar surface area (TPSA) is 123 Å². The van der Waals surface area contributed by atoms with Crippen molar-refractivity contribution in [1.29, 1.82) is 0 Å². The summed E-state index contributed by atoms with van der Waals surface area (Å²) >= 11 is 0. The molecule has 0 radical (unpaired) electrons. The number of nitrogens with zero attached hydrogens (tertiary/aromatic N) is 1. The van der Waals surface area contributed by atoms with Gasteiger partial charge in [0.1, 0.15) is 17.8 Å². The summed E-state index contributed by atoms with van der Waals surface area (Å²) in [5.41, 5.74) is 0.895. The van der Waals surface area contributed by atoms with Gasteiger partial charge in [-0.2, -0.15) is 0 Å². The molecule has 196 valence electrons. The van der Waals surface area contributed by atoms with Gasteiger partial charge in [0.25, 0.3) is 5.91 Å². The minimum atomic E-state index is -0.775. The molecular formula is C27H38N4O5. The molecule has 1 fully saturated rings. The van der Waals surface area contributed by atoms with E-state index in [-0.39, 0.29) is 23.5 Å². The third-order valence-corrected chi connectivity index (χ3v) is 6.97. The maximum Gasteiger partial charge on any atom is 0.290 e. The lowest BCUT2D eigenvalue weighted by atomic mass is 9.84. The average Bonchev–Trinajstić information content (AvgIpc) is 3.45. The summed E-state index contributed by atoms with van der Waals surface area (Å²) in [4.78, 5) is 39.3. The Morgan fingerprint density at radius 3 is 2.56 bits per heavy atom. The summed E-state index contributed by atoms with van der Waals surface area (Å²) < 4.78 is 10.2. The maximum atomic E-state index is 13.4. The second kappa shape index (κ2) is 13.7. The lowest BCUT2D eigenvalue weighted by Crippen LogP contribution is -2.56. The Labute approximate surface area is 212 Å². The summed E-state index contributed by atoms with van der Waals surface area (Å²) in [5, 5.41) is 12.2. The Bertz CT molecular complexity index is 988. The summed E-state index contributed by atoms with van der Waals surface area (Å²) in [5.74, 6) is -0.125. The first kappa shape index (κ1) is 27.2. The average molecular weight is 499 g/mol. The monoisotopic (exact) mass is 498 g/mol. The lowest BCUT2D eigenvalue weighted by molar-refractivity contribution is -0.131. The number of rotatable bonds is 12. The molecule has 1 aromatic heterocycles. The van der Waals surface area contributed by atoms with Crippen molar-refractivity contribution in [3.05, 3.63) is 47.9 Å². The molecule has 9 nitrogen and oxygen atoms in total. The third kappa shape index (κ3) is 7.83. The van der Waals surface area contributed by atoms with E-state index in [4.69, 9.17) is 9.26 Å². The van der Waals surface area contributed by atoms with E-state index < -0.39 is 18.0 Å². The number of amides is 3. The first-order valence-electron chi connectivity index (χ1n) is 12.8. The molecule has 3 atom stereocenters. The zero-order valence-electron chi connectivity index (χ0n) is 21.4. The minimum absolute atomic E-state index is 0.0472. The summed E-state index contributed by atoms with van der Waals surface area (Å²) in [7, 11) is 1.59. The molecule has 3 N–H and O–H groups in total. The number of hydrogen-bond acceptors (Lipinski definition) is 6. The van der Waals surface area contributed by atoms with Gasteiger partial charge >= 0.3 is 0 Å². The Kier molecular flexibility index (Phi) is 10.3. The van der Waals surface area contributed by atoms with Gasteiger partial charge in [0, 0.05) is 12.6 Å². The van der Waals surface area contributed by atoms with Crippen molar-refractivity contribution in [3.8, 4) is 5.75 Å². The molecule has 1 saturated carbocycles. The molecule has 1 heterocycles. The molecule has 1 aromatic carbocycles. The van der Waals surface area contributed by atoms with Crippen LogP contribution in [0, 0.1) is 11.8 Å². The Hall–Kier alpha value is -3.36. The second-order valence-electron chi connectivity index (χ2n) is 9.58. The van der Waals surface area contributed by atoms with Crippen LogP contribution in [-0.4, -0.2) is 42.1 Å². The molecule has 0 unspecified atom stereocenters. The minimum Gasteiger partial charge on any atom is -0.497 e. The van der Waals surface area contributed by atoms with Gasteiger partial charge in [-0.3, -0.25) is 14.4 Å². The number of carbonyl (C=O) groups excluding carboxylic acids is 3. The van der Waals surface area contributed by atoms with Gasteiger partial charge < -0.3 is 25.2 Å². The van der Waals surface area contributed by atoms with E-state index in [0.29, 0.717) is 31.1 Å². The van der Waals surface area contributed by atoms with Gasteiger partial charge in [-0.05, 0) is 36.0 Å². The Morgan fingerprint density at radius 1 is 1.11 bits per heavy atom. The van der Waals surface area contributed by atoms with Crippen LogP contribution in [0.15, 0.2) is 41.1 Å². The smallest absolute Gasteiger partial charge is 0.290 e. The molecule has 0 spiro atoms. The number of nitrogens with one attached hydrogen (secondary N) is 3. The molecule has 1 aliphatic rings. The SMILES string of the molecule is CC[C@H](C)[C@H](NC(=O)[C@H](CC1CCCCC1)NC(=O)c1ccno1)C(=O)NCc1cccc(OC)c1. The fourth-order valence-corrected chi connectivity index (χ4v) is 4.59. The normalized spacial score (nSPS) is 16.4. The second-order valence-corrected chi connectivity index (χ2v) is 9.58. The molecule has 3 amide bonds. The summed E-state index contributed by atoms with van der Waals surface area (Å²) in [6.07, 6.45) is 8.10. The van der Waals surface area contributed by atoms with Gasteiger partial charge in [-0.15, -0.1) is 0 Å². The van der Waals surface area contributed by atoms with Crippen molar-refractivity contribution < 1.29 is 23.6 Å². The largest absolute Gasteiger partial charge is 0.497 e. The molecule has 9 heteroatoms. The van der Waals surface area contributed by atoms with Gasteiger partial charge in [0.05, 0.1) is 13.3 Å². The maximum absolute atomic E-state index is 13.4. The number of ether oxygens (including phenoxy) is 1. The molecule has 36 heavy (non-hydrogen) atoms. The lowest BCUT2D eigenvalue weighted by Gasteiger charge is -2.29. The van der Waals surface area contributed by atoms with Crippen LogP contribution in [0.5, 0.6) is 5.75 Å². The van der Waals surface area contributed by atoms with Gasteiger partial charge in [-0.1, -0.05) is 69.7 Å². The van der Waals surface area contributed by atoms with Gasteiger partial charge in [0.2, 0.25) is 17.6 Å². The fourth-order valence-electron chi connectivity index (χ4n) is 4.59. The van der Waals surface area contributed by atoms with Crippen LogP contribution in [0.2, 0.25) is 0 Å². The van der Waals surface area contributed by atoms with E-state index in [1.807, 2.05) is 38.1 Å². The van der Waals surface area contributed by atoms with Crippen LogP contribution >= 0.6 is 0 Å². The van der Waals surface area contributed by atoms with E-state index in [1.54, 1.807) is 7.11 Å². The predicted molar refractivity (Wildman–Crippen MR) is 135 cm³/mol. The first-order chi connectivity index (χ1) is 17.4. The van der Waals surface area contributed by atoms with Crippen LogP contribution < -0.4 is 20.7 Å². The van der Waals surface area contributed by atoms with E-state index in [2.05, 4.69) is 21.1 Å². The van der Waals surface area contributed by atoms with Crippen molar-refractivity contribution in [2.24, 2.45) is 11.8 Å². The zero-order valence-corrected chi connectivity index (χ0v) is 21.4. The highest BCUT2D eigenvalue weighted by Crippen LogP contribution is 2.27. The first-order valence-corrected chi connectivity index (χ1v) is 12.8. The van der Waals surface area contributed by atoms with Crippen molar-refractivity contribution in [1.82, 2.24) is 21.1 Å². The number of carbonyl (C=O) groups is 3. The van der Waals surface area contributed by atoms with Crippen molar-refractivity contribution in [2.75, 3.05) is 7.11 Å². The van der Waals surface area contributed by atoms with E-state index in [0.717, 1.165) is 31.2 Å². The third-order valence-electron chi connectivity index (χ3n) is 6.97. The molecule has 0 saturated heterocycles. The number of methoxy groups -OCH3 is 1. The number of hydrogen-bond donors (Lipinski definition) is 3. The highest BCUT2D eigenvalue weighted by Gasteiger charge is 2.32. The highest BCUT2D eigenvalue weighted by atomic mass is 16.5. The van der Waals surface area contributed by atoms with Crippen molar-refractivity contribution in [3.63, 3.8) is 0 Å². The Balaban J connectivity index is 1.69. The van der Waals surface area contributed by atoms with Crippen molar-refractivity contribution in [2.45, 2.75) is 77.4 Å².